The van der Waals surface area contributed by atoms with E-state index in [1.165, 1.54) is 6.08 Å². The quantitative estimate of drug-likeness (QED) is 0.336. The van der Waals surface area contributed by atoms with Crippen molar-refractivity contribution in [3.63, 3.8) is 0 Å². The second-order valence-corrected chi connectivity index (χ2v) is 4.66. The fraction of sp³-hybridized carbons (Fsp3) is 0.0625. The maximum atomic E-state index is 13.6. The number of benzene rings is 2. The lowest BCUT2D eigenvalue weighted by Gasteiger charge is -2.13. The SMILES string of the molecule is Fc1c(F)c(C(F)(F)F)c(F)c(F)c1N/N=C/C=C/c1ccccc1. The summed E-state index contributed by atoms with van der Waals surface area (Å²) in [6.07, 6.45) is -1.68. The molecule has 0 heterocycles. The zero-order valence-electron chi connectivity index (χ0n) is 12.2. The van der Waals surface area contributed by atoms with Gasteiger partial charge < -0.3 is 0 Å². The van der Waals surface area contributed by atoms with Crippen molar-refractivity contribution < 1.29 is 30.7 Å². The molecule has 0 amide bonds. The highest BCUT2D eigenvalue weighted by Crippen LogP contribution is 2.38. The number of anilines is 1. The van der Waals surface area contributed by atoms with E-state index in [1.54, 1.807) is 41.8 Å². The third-order valence-electron chi connectivity index (χ3n) is 2.97. The van der Waals surface area contributed by atoms with Crippen LogP contribution in [0, 0.1) is 23.3 Å². The molecular weight excluding hydrogens is 353 g/mol. The topological polar surface area (TPSA) is 24.4 Å². The standard InChI is InChI=1S/C16H9F7N2/c17-11-10(16(21,22)23)12(18)14(20)15(13(11)19)25-24-8-4-7-9-5-2-1-3-6-9/h1-8,25H/b7-4+,24-8+. The summed E-state index contributed by atoms with van der Waals surface area (Å²) in [7, 11) is 0. The molecule has 0 aliphatic rings. The molecule has 25 heavy (non-hydrogen) atoms. The Bertz CT molecular complexity index is 782. The molecule has 0 aliphatic heterocycles. The summed E-state index contributed by atoms with van der Waals surface area (Å²) in [5.74, 6) is -9.56. The molecule has 0 saturated carbocycles. The minimum absolute atomic E-state index is 0.776. The molecule has 0 bridgehead atoms. The second kappa shape index (κ2) is 7.37. The predicted octanol–water partition coefficient (Wildman–Crippen LogP) is 5.37. The highest BCUT2D eigenvalue weighted by atomic mass is 19.4. The van der Waals surface area contributed by atoms with Gasteiger partial charge in [0.15, 0.2) is 23.3 Å². The summed E-state index contributed by atoms with van der Waals surface area (Å²) in [6.45, 7) is 0. The van der Waals surface area contributed by atoms with Gasteiger partial charge in [0.05, 0.1) is 0 Å². The summed E-state index contributed by atoms with van der Waals surface area (Å²) >= 11 is 0. The first-order chi connectivity index (χ1) is 11.7. The molecular formula is C16H9F7N2. The number of halogens is 7. The fourth-order valence-electron chi connectivity index (χ4n) is 1.84. The van der Waals surface area contributed by atoms with Gasteiger partial charge in [0.25, 0.3) is 0 Å². The predicted molar refractivity (Wildman–Crippen MR) is 78.9 cm³/mol. The van der Waals surface area contributed by atoms with Gasteiger partial charge in [-0.15, -0.1) is 0 Å². The molecule has 2 aromatic carbocycles. The highest BCUT2D eigenvalue weighted by Gasteiger charge is 2.42. The lowest BCUT2D eigenvalue weighted by molar-refractivity contribution is -0.143. The van der Waals surface area contributed by atoms with Crippen LogP contribution in [0.3, 0.4) is 0 Å². The number of nitrogens with zero attached hydrogens (tertiary/aromatic N) is 1. The van der Waals surface area contributed by atoms with Crippen LogP contribution in [-0.4, -0.2) is 6.21 Å². The number of alkyl halides is 3. The third-order valence-corrected chi connectivity index (χ3v) is 2.97. The van der Waals surface area contributed by atoms with E-state index in [1.807, 2.05) is 0 Å². The maximum Gasteiger partial charge on any atom is 0.422 e. The Morgan fingerprint density at radius 2 is 1.40 bits per heavy atom. The highest BCUT2D eigenvalue weighted by molar-refractivity contribution is 5.78. The third kappa shape index (κ3) is 4.17. The first kappa shape index (κ1) is 18.5. The molecule has 9 heteroatoms. The first-order valence-electron chi connectivity index (χ1n) is 6.67. The summed E-state index contributed by atoms with van der Waals surface area (Å²) in [6, 6.07) is 8.79. The van der Waals surface area contributed by atoms with Crippen molar-refractivity contribution in [3.8, 4) is 0 Å². The molecule has 0 aliphatic carbocycles. The number of allylic oxidation sites excluding steroid dienone is 1. The van der Waals surface area contributed by atoms with Gasteiger partial charge in [-0.1, -0.05) is 36.4 Å². The van der Waals surface area contributed by atoms with Gasteiger partial charge in [-0.3, -0.25) is 5.43 Å². The Kier molecular flexibility index (Phi) is 5.45. The number of nitrogens with one attached hydrogen (secondary N) is 1. The molecule has 0 saturated heterocycles. The maximum absolute atomic E-state index is 13.6. The van der Waals surface area contributed by atoms with E-state index in [-0.39, 0.29) is 0 Å². The van der Waals surface area contributed by atoms with E-state index in [0.29, 0.717) is 0 Å². The van der Waals surface area contributed by atoms with E-state index in [2.05, 4.69) is 5.10 Å². The van der Waals surface area contributed by atoms with Gasteiger partial charge in [0, 0.05) is 6.21 Å². The van der Waals surface area contributed by atoms with Crippen LogP contribution in [0.5, 0.6) is 0 Å². The van der Waals surface area contributed by atoms with Crippen molar-refractivity contribution in [2.75, 3.05) is 5.43 Å². The van der Waals surface area contributed by atoms with E-state index >= 15 is 0 Å². The van der Waals surface area contributed by atoms with Crippen LogP contribution in [-0.2, 0) is 6.18 Å². The minimum atomic E-state index is -5.59. The number of hydrogen-bond donors (Lipinski definition) is 1. The Morgan fingerprint density at radius 3 is 1.92 bits per heavy atom. The van der Waals surface area contributed by atoms with E-state index in [9.17, 15) is 30.7 Å². The molecule has 1 N–H and O–H groups in total. The van der Waals surface area contributed by atoms with Crippen molar-refractivity contribution >= 4 is 18.0 Å². The molecule has 0 atom stereocenters. The average molecular weight is 362 g/mol. The van der Waals surface area contributed by atoms with Gasteiger partial charge in [-0.25, -0.2) is 17.6 Å². The molecule has 2 aromatic rings. The van der Waals surface area contributed by atoms with Crippen LogP contribution in [0.1, 0.15) is 11.1 Å². The average Bonchev–Trinajstić information content (AvgIpc) is 2.55. The first-order valence-corrected chi connectivity index (χ1v) is 6.67. The molecule has 132 valence electrons. The summed E-state index contributed by atoms with van der Waals surface area (Å²) < 4.78 is 91.2. The Hall–Kier alpha value is -2.84. The van der Waals surface area contributed by atoms with Crippen LogP contribution < -0.4 is 5.43 Å². The van der Waals surface area contributed by atoms with E-state index in [4.69, 9.17) is 0 Å². The molecule has 0 fully saturated rings. The molecule has 0 unspecified atom stereocenters. The zero-order valence-corrected chi connectivity index (χ0v) is 12.2. The van der Waals surface area contributed by atoms with E-state index in [0.717, 1.165) is 11.8 Å². The smallest absolute Gasteiger partial charge is 0.272 e. The van der Waals surface area contributed by atoms with Gasteiger partial charge in [-0.05, 0) is 11.6 Å². The lowest BCUT2D eigenvalue weighted by Crippen LogP contribution is -2.16. The van der Waals surface area contributed by atoms with Crippen LogP contribution in [0.15, 0.2) is 41.5 Å². The van der Waals surface area contributed by atoms with Crippen molar-refractivity contribution in [1.82, 2.24) is 0 Å². The Balaban J connectivity index is 2.23. The minimum Gasteiger partial charge on any atom is -0.272 e. The van der Waals surface area contributed by atoms with Gasteiger partial charge in [0.1, 0.15) is 11.3 Å². The second-order valence-electron chi connectivity index (χ2n) is 4.66. The normalized spacial score (nSPS) is 12.3. The van der Waals surface area contributed by atoms with Crippen molar-refractivity contribution in [1.29, 1.82) is 0 Å². The number of hydrogen-bond acceptors (Lipinski definition) is 2. The molecule has 0 aromatic heterocycles. The van der Waals surface area contributed by atoms with Crippen LogP contribution in [0.2, 0.25) is 0 Å². The van der Waals surface area contributed by atoms with Crippen LogP contribution >= 0.6 is 0 Å². The Labute approximate surface area is 137 Å². The Morgan fingerprint density at radius 1 is 0.840 bits per heavy atom. The molecule has 2 nitrogen and oxygen atoms in total. The van der Waals surface area contributed by atoms with Crippen LogP contribution in [0.4, 0.5) is 36.4 Å². The van der Waals surface area contributed by atoms with Crippen LogP contribution in [0.25, 0.3) is 6.08 Å². The monoisotopic (exact) mass is 362 g/mol. The van der Waals surface area contributed by atoms with Crippen molar-refractivity contribution in [3.05, 3.63) is 70.8 Å². The largest absolute Gasteiger partial charge is 0.422 e. The van der Waals surface area contributed by atoms with Gasteiger partial charge in [-0.2, -0.15) is 18.3 Å². The molecule has 0 radical (unpaired) electrons. The zero-order chi connectivity index (χ0) is 18.6. The van der Waals surface area contributed by atoms with Gasteiger partial charge in [0.2, 0.25) is 0 Å². The van der Waals surface area contributed by atoms with E-state index < -0.39 is 40.7 Å². The molecule has 2 rings (SSSR count). The summed E-state index contributed by atoms with van der Waals surface area (Å²) in [5.41, 5.74) is -1.68. The van der Waals surface area contributed by atoms with Crippen molar-refractivity contribution in [2.45, 2.75) is 6.18 Å². The lowest BCUT2D eigenvalue weighted by atomic mass is 10.1. The summed E-state index contributed by atoms with van der Waals surface area (Å²) in [4.78, 5) is 0. The number of rotatable bonds is 4. The number of hydrazone groups is 1. The fourth-order valence-corrected chi connectivity index (χ4v) is 1.84. The van der Waals surface area contributed by atoms with Crippen molar-refractivity contribution in [2.24, 2.45) is 5.10 Å². The summed E-state index contributed by atoms with van der Waals surface area (Å²) in [5, 5.41) is 3.30. The van der Waals surface area contributed by atoms with Gasteiger partial charge >= 0.3 is 6.18 Å². The molecule has 0 spiro atoms.